The van der Waals surface area contributed by atoms with Crippen LogP contribution >= 0.6 is 0 Å². The largest absolute Gasteiger partial charge is 0.366 e. The van der Waals surface area contributed by atoms with E-state index in [0.717, 1.165) is 12.1 Å². The van der Waals surface area contributed by atoms with Crippen LogP contribution in [-0.4, -0.2) is 56.6 Å². The first-order valence-electron chi connectivity index (χ1n) is 7.52. The van der Waals surface area contributed by atoms with Crippen molar-refractivity contribution in [2.24, 2.45) is 4.99 Å². The van der Waals surface area contributed by atoms with Gasteiger partial charge in [-0.15, -0.1) is 0 Å². The van der Waals surface area contributed by atoms with E-state index in [-0.39, 0.29) is 5.69 Å². The minimum atomic E-state index is -2.49. The second-order valence-corrected chi connectivity index (χ2v) is 5.16. The molecular formula is C15H20F4N4. The van der Waals surface area contributed by atoms with Gasteiger partial charge in [-0.3, -0.25) is 0 Å². The monoisotopic (exact) mass is 332 g/mol. The van der Waals surface area contributed by atoms with E-state index in [0.29, 0.717) is 38.7 Å². The third-order valence-corrected chi connectivity index (χ3v) is 3.54. The lowest BCUT2D eigenvalue weighted by molar-refractivity contribution is 0.158. The van der Waals surface area contributed by atoms with Gasteiger partial charge < -0.3 is 15.1 Å². The summed E-state index contributed by atoms with van der Waals surface area (Å²) in [5.74, 6) is -0.541. The van der Waals surface area contributed by atoms with Gasteiger partial charge in [0.2, 0.25) is 0 Å². The Morgan fingerprint density at radius 3 is 2.52 bits per heavy atom. The highest BCUT2D eigenvalue weighted by Gasteiger charge is 2.22. The van der Waals surface area contributed by atoms with E-state index in [1.807, 2.05) is 11.8 Å². The molecule has 1 saturated heterocycles. The van der Waals surface area contributed by atoms with Crippen LogP contribution in [0.3, 0.4) is 0 Å². The molecule has 1 heterocycles. The summed E-state index contributed by atoms with van der Waals surface area (Å²) in [4.78, 5) is 7.48. The standard InChI is InChI=1S/C15H20F4N4/c1-2-20-15(21-10-14(18)19)23-7-5-22(6-8-23)13-9-11(16)3-4-12(13)17/h3-4,9,14H,2,5-8,10H2,1H3,(H,20,21). The number of hydrogen-bond acceptors (Lipinski definition) is 2. The third kappa shape index (κ3) is 4.74. The van der Waals surface area contributed by atoms with Crippen LogP contribution in [0.15, 0.2) is 23.2 Å². The number of rotatable bonds is 4. The van der Waals surface area contributed by atoms with Crippen molar-refractivity contribution in [3.63, 3.8) is 0 Å². The lowest BCUT2D eigenvalue weighted by Gasteiger charge is -2.37. The van der Waals surface area contributed by atoms with Gasteiger partial charge >= 0.3 is 0 Å². The topological polar surface area (TPSA) is 30.9 Å². The first-order valence-corrected chi connectivity index (χ1v) is 7.52. The number of hydrogen-bond donors (Lipinski definition) is 1. The first-order chi connectivity index (χ1) is 11.0. The van der Waals surface area contributed by atoms with E-state index >= 15 is 0 Å². The fraction of sp³-hybridized carbons (Fsp3) is 0.533. The minimum absolute atomic E-state index is 0.221. The average molecular weight is 332 g/mol. The van der Waals surface area contributed by atoms with Crippen molar-refractivity contribution in [1.29, 1.82) is 0 Å². The van der Waals surface area contributed by atoms with Crippen LogP contribution < -0.4 is 10.2 Å². The van der Waals surface area contributed by atoms with E-state index < -0.39 is 24.6 Å². The van der Waals surface area contributed by atoms with Crippen LogP contribution in [0.1, 0.15) is 6.92 Å². The molecule has 2 rings (SSSR count). The summed E-state index contributed by atoms with van der Waals surface area (Å²) in [6.45, 7) is 3.77. The molecule has 0 aliphatic carbocycles. The van der Waals surface area contributed by atoms with Crippen molar-refractivity contribution in [2.45, 2.75) is 13.3 Å². The first kappa shape index (κ1) is 17.4. The zero-order valence-corrected chi connectivity index (χ0v) is 12.9. The molecule has 0 spiro atoms. The van der Waals surface area contributed by atoms with Crippen molar-refractivity contribution in [3.8, 4) is 0 Å². The number of alkyl halides is 2. The molecule has 0 unspecified atom stereocenters. The molecule has 0 bridgehead atoms. The third-order valence-electron chi connectivity index (χ3n) is 3.54. The Labute approximate surface area is 132 Å². The van der Waals surface area contributed by atoms with Gasteiger partial charge in [0.1, 0.15) is 18.2 Å². The summed E-state index contributed by atoms with van der Waals surface area (Å²) >= 11 is 0. The number of halogens is 4. The van der Waals surface area contributed by atoms with Crippen LogP contribution in [0.5, 0.6) is 0 Å². The number of piperazine rings is 1. The highest BCUT2D eigenvalue weighted by molar-refractivity contribution is 5.80. The lowest BCUT2D eigenvalue weighted by atomic mass is 10.2. The fourth-order valence-corrected chi connectivity index (χ4v) is 2.47. The zero-order valence-electron chi connectivity index (χ0n) is 12.9. The van der Waals surface area contributed by atoms with Crippen LogP contribution in [0.25, 0.3) is 0 Å². The smallest absolute Gasteiger partial charge is 0.257 e. The molecule has 4 nitrogen and oxygen atoms in total. The Bertz CT molecular complexity index is 542. The van der Waals surface area contributed by atoms with Crippen LogP contribution in [0.2, 0.25) is 0 Å². The maximum absolute atomic E-state index is 13.8. The van der Waals surface area contributed by atoms with Crippen molar-refractivity contribution in [3.05, 3.63) is 29.8 Å². The molecule has 1 aromatic rings. The molecule has 1 fully saturated rings. The second-order valence-electron chi connectivity index (χ2n) is 5.16. The molecule has 1 aromatic carbocycles. The van der Waals surface area contributed by atoms with Crippen molar-refractivity contribution < 1.29 is 17.6 Å². The molecule has 1 N–H and O–H groups in total. The van der Waals surface area contributed by atoms with Crippen molar-refractivity contribution >= 4 is 11.6 Å². The molecule has 1 aliphatic heterocycles. The zero-order chi connectivity index (χ0) is 16.8. The quantitative estimate of drug-likeness (QED) is 0.522. The Morgan fingerprint density at radius 1 is 1.22 bits per heavy atom. The number of benzene rings is 1. The molecule has 0 aromatic heterocycles. The van der Waals surface area contributed by atoms with Crippen LogP contribution in [0, 0.1) is 11.6 Å². The Morgan fingerprint density at radius 2 is 1.91 bits per heavy atom. The van der Waals surface area contributed by atoms with Gasteiger partial charge in [0.25, 0.3) is 6.43 Å². The summed E-state index contributed by atoms with van der Waals surface area (Å²) in [6, 6.07) is 3.35. The number of aliphatic imine (C=N–C) groups is 1. The Kier molecular flexibility index (Phi) is 6.06. The van der Waals surface area contributed by atoms with Crippen molar-refractivity contribution in [2.75, 3.05) is 44.2 Å². The van der Waals surface area contributed by atoms with Gasteiger partial charge in [-0.05, 0) is 19.1 Å². The van der Waals surface area contributed by atoms with E-state index in [9.17, 15) is 17.6 Å². The number of nitrogens with one attached hydrogen (secondary N) is 1. The maximum atomic E-state index is 13.8. The Balaban J connectivity index is 2.01. The molecular weight excluding hydrogens is 312 g/mol. The molecule has 1 aliphatic rings. The van der Waals surface area contributed by atoms with Gasteiger partial charge in [-0.25, -0.2) is 22.6 Å². The highest BCUT2D eigenvalue weighted by atomic mass is 19.3. The van der Waals surface area contributed by atoms with E-state index in [4.69, 9.17) is 0 Å². The van der Waals surface area contributed by atoms with E-state index in [2.05, 4.69) is 10.3 Å². The highest BCUT2D eigenvalue weighted by Crippen LogP contribution is 2.21. The summed E-state index contributed by atoms with van der Waals surface area (Å²) in [5.41, 5.74) is 0.221. The summed E-state index contributed by atoms with van der Waals surface area (Å²) < 4.78 is 51.7. The predicted octanol–water partition coefficient (Wildman–Crippen LogP) is 2.32. The molecule has 0 amide bonds. The van der Waals surface area contributed by atoms with E-state index in [1.54, 1.807) is 4.90 Å². The summed E-state index contributed by atoms with van der Waals surface area (Å²) in [6.07, 6.45) is -2.49. The molecule has 0 atom stereocenters. The van der Waals surface area contributed by atoms with Gasteiger partial charge in [0.05, 0.1) is 5.69 Å². The lowest BCUT2D eigenvalue weighted by Crippen LogP contribution is -2.52. The van der Waals surface area contributed by atoms with Crippen LogP contribution in [0.4, 0.5) is 23.2 Å². The molecule has 8 heteroatoms. The molecule has 128 valence electrons. The molecule has 0 radical (unpaired) electrons. The van der Waals surface area contributed by atoms with Gasteiger partial charge in [0.15, 0.2) is 5.96 Å². The van der Waals surface area contributed by atoms with Gasteiger partial charge in [-0.1, -0.05) is 0 Å². The predicted molar refractivity (Wildman–Crippen MR) is 82.1 cm³/mol. The Hall–Kier alpha value is -1.99. The minimum Gasteiger partial charge on any atom is -0.366 e. The van der Waals surface area contributed by atoms with Gasteiger partial charge in [-0.2, -0.15) is 0 Å². The number of guanidine groups is 1. The SMILES string of the molecule is CCNC(=NCC(F)F)N1CCN(c2cc(F)ccc2F)CC1. The maximum Gasteiger partial charge on any atom is 0.257 e. The molecule has 23 heavy (non-hydrogen) atoms. The second kappa shape index (κ2) is 8.03. The van der Waals surface area contributed by atoms with Gasteiger partial charge in [0, 0.05) is 38.8 Å². The summed E-state index contributed by atoms with van der Waals surface area (Å²) in [5, 5.41) is 2.97. The van der Waals surface area contributed by atoms with Crippen LogP contribution in [-0.2, 0) is 0 Å². The summed E-state index contributed by atoms with van der Waals surface area (Å²) in [7, 11) is 0. The normalized spacial score (nSPS) is 16.2. The molecule has 0 saturated carbocycles. The number of nitrogens with zero attached hydrogens (tertiary/aromatic N) is 3. The fourth-order valence-electron chi connectivity index (χ4n) is 2.47. The van der Waals surface area contributed by atoms with E-state index in [1.165, 1.54) is 6.07 Å². The number of anilines is 1. The van der Waals surface area contributed by atoms with Crippen molar-refractivity contribution in [1.82, 2.24) is 10.2 Å². The average Bonchev–Trinajstić information content (AvgIpc) is 2.54.